The highest BCUT2D eigenvalue weighted by molar-refractivity contribution is 6.60. The van der Waals surface area contributed by atoms with Crippen molar-refractivity contribution in [2.24, 2.45) is 0 Å². The second kappa shape index (κ2) is 10.8. The SMILES string of the molecule is C=CC(=O)O.CCCC[Si](OC)(OC)OC. The van der Waals surface area contributed by atoms with E-state index in [2.05, 4.69) is 13.5 Å². The van der Waals surface area contributed by atoms with Gasteiger partial charge in [-0.2, -0.15) is 0 Å². The first kappa shape index (κ1) is 17.7. The van der Waals surface area contributed by atoms with Crippen LogP contribution >= 0.6 is 0 Å². The molecule has 16 heavy (non-hydrogen) atoms. The molecule has 96 valence electrons. The fourth-order valence-corrected chi connectivity index (χ4v) is 2.85. The number of carboxylic acids is 1. The lowest BCUT2D eigenvalue weighted by atomic mass is 10.4. The van der Waals surface area contributed by atoms with E-state index in [1.165, 1.54) is 0 Å². The molecule has 0 amide bonds. The third-order valence-corrected chi connectivity index (χ3v) is 4.78. The highest BCUT2D eigenvalue weighted by Crippen LogP contribution is 2.15. The molecule has 0 aliphatic rings. The number of hydrogen-bond donors (Lipinski definition) is 1. The summed E-state index contributed by atoms with van der Waals surface area (Å²) in [6.07, 6.45) is 3.08. The van der Waals surface area contributed by atoms with Crippen molar-refractivity contribution in [1.29, 1.82) is 0 Å². The zero-order chi connectivity index (χ0) is 13.0. The fourth-order valence-electron chi connectivity index (χ4n) is 0.949. The zero-order valence-corrected chi connectivity index (χ0v) is 11.5. The summed E-state index contributed by atoms with van der Waals surface area (Å²) in [6, 6.07) is 0.910. The van der Waals surface area contributed by atoms with Crippen LogP contribution in [0.4, 0.5) is 0 Å². The van der Waals surface area contributed by atoms with E-state index in [1.54, 1.807) is 21.3 Å². The predicted octanol–water partition coefficient (Wildman–Crippen LogP) is 1.92. The van der Waals surface area contributed by atoms with Gasteiger partial charge in [0.25, 0.3) is 0 Å². The third kappa shape index (κ3) is 8.60. The zero-order valence-electron chi connectivity index (χ0n) is 10.5. The Morgan fingerprint density at radius 1 is 1.31 bits per heavy atom. The van der Waals surface area contributed by atoms with Gasteiger partial charge in [0.1, 0.15) is 0 Å². The van der Waals surface area contributed by atoms with Crippen molar-refractivity contribution in [3.8, 4) is 0 Å². The molecule has 6 heteroatoms. The smallest absolute Gasteiger partial charge is 0.478 e. The molecule has 1 N–H and O–H groups in total. The molecule has 0 atom stereocenters. The largest absolute Gasteiger partial charge is 0.500 e. The van der Waals surface area contributed by atoms with E-state index in [-0.39, 0.29) is 0 Å². The van der Waals surface area contributed by atoms with Crippen LogP contribution in [0.15, 0.2) is 12.7 Å². The lowest BCUT2D eigenvalue weighted by Crippen LogP contribution is -2.42. The van der Waals surface area contributed by atoms with Crippen molar-refractivity contribution in [3.05, 3.63) is 12.7 Å². The molecule has 0 bridgehead atoms. The number of aliphatic carboxylic acids is 1. The van der Waals surface area contributed by atoms with E-state index in [0.717, 1.165) is 25.0 Å². The topological polar surface area (TPSA) is 65.0 Å². The summed E-state index contributed by atoms with van der Waals surface area (Å²) in [7, 11) is 2.70. The van der Waals surface area contributed by atoms with Gasteiger partial charge >= 0.3 is 14.8 Å². The third-order valence-electron chi connectivity index (χ3n) is 1.94. The lowest BCUT2D eigenvalue weighted by Gasteiger charge is -2.23. The highest BCUT2D eigenvalue weighted by Gasteiger charge is 2.36. The quantitative estimate of drug-likeness (QED) is 0.552. The minimum absolute atomic E-state index is 0.833. The van der Waals surface area contributed by atoms with Gasteiger partial charge in [-0.1, -0.05) is 19.9 Å². The first-order valence-electron chi connectivity index (χ1n) is 5.02. The van der Waals surface area contributed by atoms with Gasteiger partial charge in [0.05, 0.1) is 0 Å². The molecule has 0 radical (unpaired) electrons. The maximum atomic E-state index is 9.25. The van der Waals surface area contributed by atoms with E-state index in [0.29, 0.717) is 0 Å². The molecule has 0 unspecified atom stereocenters. The van der Waals surface area contributed by atoms with Gasteiger partial charge in [-0.05, 0) is 6.42 Å². The molecule has 0 aromatic heterocycles. The molecule has 0 aliphatic carbocycles. The Kier molecular flexibility index (Phi) is 12.0. The standard InChI is InChI=1S/C7H18O3Si.C3H4O2/c1-5-6-7-11(8-2,9-3)10-4;1-2-3(4)5/h5-7H2,1-4H3;2H,1H2,(H,4,5). The van der Waals surface area contributed by atoms with Crippen LogP contribution in [0.2, 0.25) is 6.04 Å². The Morgan fingerprint density at radius 2 is 1.69 bits per heavy atom. The second-order valence-electron chi connectivity index (χ2n) is 2.94. The summed E-state index contributed by atoms with van der Waals surface area (Å²) in [5.74, 6) is -0.981. The summed E-state index contributed by atoms with van der Waals surface area (Å²) in [5, 5.41) is 7.60. The molecule has 0 heterocycles. The van der Waals surface area contributed by atoms with Crippen molar-refractivity contribution in [3.63, 3.8) is 0 Å². The Morgan fingerprint density at radius 3 is 1.88 bits per heavy atom. The molecule has 5 nitrogen and oxygen atoms in total. The minimum Gasteiger partial charge on any atom is -0.478 e. The Balaban J connectivity index is 0. The molecule has 0 saturated carbocycles. The summed E-state index contributed by atoms with van der Waals surface area (Å²) in [6.45, 7) is 5.10. The van der Waals surface area contributed by atoms with Gasteiger partial charge in [-0.15, -0.1) is 0 Å². The van der Waals surface area contributed by atoms with Crippen LogP contribution in [0.5, 0.6) is 0 Å². The number of hydrogen-bond acceptors (Lipinski definition) is 4. The van der Waals surface area contributed by atoms with Gasteiger partial charge < -0.3 is 18.4 Å². The van der Waals surface area contributed by atoms with Crippen LogP contribution in [0, 0.1) is 0 Å². The van der Waals surface area contributed by atoms with Crippen molar-refractivity contribution >= 4 is 14.8 Å². The predicted molar refractivity (Wildman–Crippen MR) is 64.3 cm³/mol. The first-order chi connectivity index (χ1) is 7.51. The van der Waals surface area contributed by atoms with Crippen LogP contribution in [0.1, 0.15) is 19.8 Å². The molecule has 0 aromatic carbocycles. The molecular weight excluding hydrogens is 228 g/mol. The van der Waals surface area contributed by atoms with E-state index >= 15 is 0 Å². The number of carboxylic acid groups (broad SMARTS) is 1. The van der Waals surface area contributed by atoms with Crippen molar-refractivity contribution in [1.82, 2.24) is 0 Å². The molecular formula is C10H22O5Si. The monoisotopic (exact) mass is 250 g/mol. The Bertz CT molecular complexity index is 183. The summed E-state index contributed by atoms with van der Waals surface area (Å²) < 4.78 is 15.7. The van der Waals surface area contributed by atoms with Gasteiger partial charge in [-0.3, -0.25) is 0 Å². The van der Waals surface area contributed by atoms with E-state index in [1.807, 2.05) is 0 Å². The van der Waals surface area contributed by atoms with Crippen LogP contribution < -0.4 is 0 Å². The minimum atomic E-state index is -2.24. The average Bonchev–Trinajstić information content (AvgIpc) is 2.32. The van der Waals surface area contributed by atoms with E-state index in [4.69, 9.17) is 18.4 Å². The molecule has 0 aliphatic heterocycles. The molecule has 0 rings (SSSR count). The maximum Gasteiger partial charge on any atom is 0.500 e. The Labute approximate surface area is 98.4 Å². The highest BCUT2D eigenvalue weighted by atomic mass is 28.4. The van der Waals surface area contributed by atoms with E-state index in [9.17, 15) is 4.79 Å². The Hall–Kier alpha value is -0.693. The summed E-state index contributed by atoms with van der Waals surface area (Å²) in [5.41, 5.74) is 0. The molecule has 0 aromatic rings. The van der Waals surface area contributed by atoms with Crippen LogP contribution in [0.3, 0.4) is 0 Å². The van der Waals surface area contributed by atoms with Gasteiger partial charge in [0.2, 0.25) is 0 Å². The van der Waals surface area contributed by atoms with Crippen LogP contribution in [0.25, 0.3) is 0 Å². The number of unbranched alkanes of at least 4 members (excludes halogenated alkanes) is 1. The summed E-state index contributed by atoms with van der Waals surface area (Å²) >= 11 is 0. The lowest BCUT2D eigenvalue weighted by molar-refractivity contribution is -0.131. The maximum absolute atomic E-state index is 9.25. The van der Waals surface area contributed by atoms with Gasteiger partial charge in [-0.25, -0.2) is 4.79 Å². The number of rotatable bonds is 7. The van der Waals surface area contributed by atoms with Crippen molar-refractivity contribution in [2.75, 3.05) is 21.3 Å². The average molecular weight is 250 g/mol. The molecule has 0 fully saturated rings. The first-order valence-corrected chi connectivity index (χ1v) is 6.95. The van der Waals surface area contributed by atoms with Crippen molar-refractivity contribution in [2.45, 2.75) is 25.8 Å². The molecule has 0 spiro atoms. The summed E-state index contributed by atoms with van der Waals surface area (Å²) in [4.78, 5) is 9.25. The fraction of sp³-hybridized carbons (Fsp3) is 0.700. The van der Waals surface area contributed by atoms with Crippen LogP contribution in [-0.4, -0.2) is 41.2 Å². The van der Waals surface area contributed by atoms with Crippen molar-refractivity contribution < 1.29 is 23.2 Å². The second-order valence-corrected chi connectivity index (χ2v) is 6.03. The van der Waals surface area contributed by atoms with E-state index < -0.39 is 14.8 Å². The normalized spacial score (nSPS) is 10.2. The number of carbonyl (C=O) groups is 1. The van der Waals surface area contributed by atoms with Crippen LogP contribution in [-0.2, 0) is 18.1 Å². The molecule has 0 saturated heterocycles. The van der Waals surface area contributed by atoms with Gasteiger partial charge in [0.15, 0.2) is 0 Å². The van der Waals surface area contributed by atoms with Gasteiger partial charge in [0, 0.05) is 33.4 Å².